The lowest BCUT2D eigenvalue weighted by atomic mass is 10.1. The lowest BCUT2D eigenvalue weighted by Crippen LogP contribution is -2.05. The predicted octanol–water partition coefficient (Wildman–Crippen LogP) is 1.83. The van der Waals surface area contributed by atoms with Gasteiger partial charge in [-0.25, -0.2) is 13.8 Å². The monoisotopic (exact) mass is 222 g/mol. The Balaban J connectivity index is 3.27. The molecule has 0 saturated carbocycles. The number of nitrogen functional groups attached to an aromatic ring is 1. The van der Waals surface area contributed by atoms with Gasteiger partial charge in [0.25, 0.3) is 6.43 Å². The van der Waals surface area contributed by atoms with Gasteiger partial charge in [-0.3, -0.25) is 0 Å². The molecule has 3 nitrogen and oxygen atoms in total. The lowest BCUT2D eigenvalue weighted by molar-refractivity contribution is 0.151. The molecule has 3 N–H and O–H groups in total. The van der Waals surface area contributed by atoms with Gasteiger partial charge in [-0.15, -0.1) is 11.6 Å². The molecule has 0 fully saturated rings. The van der Waals surface area contributed by atoms with Gasteiger partial charge in [-0.2, -0.15) is 0 Å². The molecule has 0 spiro atoms. The number of nitrogens with zero attached hydrogens (tertiary/aromatic N) is 1. The third-order valence-corrected chi connectivity index (χ3v) is 2.04. The second-order valence-corrected chi connectivity index (χ2v) is 2.93. The fraction of sp³-hybridized carbons (Fsp3) is 0.375. The van der Waals surface area contributed by atoms with E-state index in [-0.39, 0.29) is 35.1 Å². The molecule has 0 atom stereocenters. The summed E-state index contributed by atoms with van der Waals surface area (Å²) in [6.07, 6.45) is -2.70. The maximum absolute atomic E-state index is 12.5. The van der Waals surface area contributed by atoms with Crippen LogP contribution in [0.2, 0.25) is 0 Å². The number of alkyl halides is 3. The van der Waals surface area contributed by atoms with Crippen LogP contribution in [0.25, 0.3) is 0 Å². The molecule has 1 aromatic heterocycles. The maximum atomic E-state index is 12.5. The summed E-state index contributed by atoms with van der Waals surface area (Å²) in [6.45, 7) is -0.350. The highest BCUT2D eigenvalue weighted by Crippen LogP contribution is 2.29. The van der Waals surface area contributed by atoms with Crippen molar-refractivity contribution < 1.29 is 13.9 Å². The molecule has 78 valence electrons. The maximum Gasteiger partial charge on any atom is 0.267 e. The lowest BCUT2D eigenvalue weighted by Gasteiger charge is -2.10. The van der Waals surface area contributed by atoms with Crippen LogP contribution in [0.1, 0.15) is 23.2 Å². The van der Waals surface area contributed by atoms with E-state index in [4.69, 9.17) is 22.4 Å². The summed E-state index contributed by atoms with van der Waals surface area (Å²) in [5, 5.41) is 8.76. The minimum atomic E-state index is -2.70. The van der Waals surface area contributed by atoms with Gasteiger partial charge < -0.3 is 10.8 Å². The summed E-state index contributed by atoms with van der Waals surface area (Å²) >= 11 is 5.48. The summed E-state index contributed by atoms with van der Waals surface area (Å²) in [5.41, 5.74) is 5.41. The average Bonchev–Trinajstić information content (AvgIpc) is 2.15. The SMILES string of the molecule is Nc1nc(CO)cc(CCl)c1C(F)F. The van der Waals surface area contributed by atoms with E-state index in [1.54, 1.807) is 0 Å². The fourth-order valence-electron chi connectivity index (χ4n) is 1.13. The van der Waals surface area contributed by atoms with Crippen molar-refractivity contribution in [1.82, 2.24) is 4.98 Å². The first-order valence-electron chi connectivity index (χ1n) is 3.83. The summed E-state index contributed by atoms with van der Waals surface area (Å²) < 4.78 is 24.9. The molecule has 0 bridgehead atoms. The standard InChI is InChI=1S/C8H9ClF2N2O/c9-2-4-1-5(3-14)13-8(12)6(4)7(10)11/h1,7,14H,2-3H2,(H2,12,13). The van der Waals surface area contributed by atoms with Gasteiger partial charge in [-0.1, -0.05) is 0 Å². The van der Waals surface area contributed by atoms with Gasteiger partial charge in [0.2, 0.25) is 0 Å². The van der Waals surface area contributed by atoms with Crippen LogP contribution in [0.15, 0.2) is 6.07 Å². The van der Waals surface area contributed by atoms with Crippen LogP contribution < -0.4 is 5.73 Å². The molecule has 0 saturated heterocycles. The molecule has 0 aliphatic rings. The highest BCUT2D eigenvalue weighted by molar-refractivity contribution is 6.17. The molecule has 1 aromatic rings. The normalized spacial score (nSPS) is 10.9. The Morgan fingerprint density at radius 1 is 1.57 bits per heavy atom. The van der Waals surface area contributed by atoms with Gasteiger partial charge in [0.05, 0.1) is 17.9 Å². The summed E-state index contributed by atoms with van der Waals surface area (Å²) in [4.78, 5) is 3.61. The molecular weight excluding hydrogens is 214 g/mol. The fourth-order valence-corrected chi connectivity index (χ4v) is 1.36. The number of rotatable bonds is 3. The molecule has 0 amide bonds. The summed E-state index contributed by atoms with van der Waals surface area (Å²) in [5.74, 6) is -0.360. The molecule has 6 heteroatoms. The number of halogens is 3. The molecule has 14 heavy (non-hydrogen) atoms. The number of aliphatic hydroxyl groups excluding tert-OH is 1. The Bertz CT molecular complexity index is 333. The van der Waals surface area contributed by atoms with Crippen LogP contribution in [0.3, 0.4) is 0 Å². The van der Waals surface area contributed by atoms with Crippen LogP contribution >= 0.6 is 11.6 Å². The van der Waals surface area contributed by atoms with Crippen molar-refractivity contribution in [3.05, 3.63) is 22.9 Å². The van der Waals surface area contributed by atoms with Gasteiger partial charge in [0.1, 0.15) is 5.82 Å². The topological polar surface area (TPSA) is 59.1 Å². The van der Waals surface area contributed by atoms with E-state index in [1.807, 2.05) is 0 Å². The first-order chi connectivity index (χ1) is 6.60. The largest absolute Gasteiger partial charge is 0.390 e. The number of hydrogen-bond acceptors (Lipinski definition) is 3. The van der Waals surface area contributed by atoms with Gasteiger partial charge >= 0.3 is 0 Å². The molecule has 0 aliphatic heterocycles. The Morgan fingerprint density at radius 3 is 2.64 bits per heavy atom. The molecule has 0 unspecified atom stereocenters. The zero-order valence-corrected chi connectivity index (χ0v) is 7.93. The van der Waals surface area contributed by atoms with E-state index in [9.17, 15) is 8.78 Å². The van der Waals surface area contributed by atoms with Gasteiger partial charge in [-0.05, 0) is 11.6 Å². The van der Waals surface area contributed by atoms with Crippen molar-refractivity contribution in [2.24, 2.45) is 0 Å². The molecule has 1 heterocycles. The Hall–Kier alpha value is -0.940. The van der Waals surface area contributed by atoms with E-state index < -0.39 is 6.43 Å². The van der Waals surface area contributed by atoms with Gasteiger partial charge in [0.15, 0.2) is 0 Å². The van der Waals surface area contributed by atoms with E-state index in [0.29, 0.717) is 0 Å². The molecule has 1 rings (SSSR count). The van der Waals surface area contributed by atoms with E-state index >= 15 is 0 Å². The molecular formula is C8H9ClF2N2O. The number of nitrogens with two attached hydrogens (primary N) is 1. The first-order valence-corrected chi connectivity index (χ1v) is 4.36. The molecule has 0 aromatic carbocycles. The summed E-state index contributed by atoms with van der Waals surface area (Å²) in [7, 11) is 0. The zero-order valence-electron chi connectivity index (χ0n) is 7.17. The second kappa shape index (κ2) is 4.52. The second-order valence-electron chi connectivity index (χ2n) is 2.66. The third kappa shape index (κ3) is 2.10. The Labute approximate surface area is 84.5 Å². The Kier molecular flexibility index (Phi) is 3.60. The van der Waals surface area contributed by atoms with Crippen molar-refractivity contribution >= 4 is 17.4 Å². The predicted molar refractivity (Wildman–Crippen MR) is 49.1 cm³/mol. The van der Waals surface area contributed by atoms with Crippen molar-refractivity contribution in [1.29, 1.82) is 0 Å². The van der Waals surface area contributed by atoms with E-state index in [0.717, 1.165) is 0 Å². The van der Waals surface area contributed by atoms with Crippen LogP contribution in [-0.2, 0) is 12.5 Å². The minimum absolute atomic E-state index is 0.0839. The number of aliphatic hydroxyl groups is 1. The van der Waals surface area contributed by atoms with Crippen LogP contribution in [0.4, 0.5) is 14.6 Å². The average molecular weight is 223 g/mol. The number of pyridine rings is 1. The van der Waals surface area contributed by atoms with E-state index in [1.165, 1.54) is 6.07 Å². The third-order valence-electron chi connectivity index (χ3n) is 1.75. The Morgan fingerprint density at radius 2 is 2.21 bits per heavy atom. The highest BCUT2D eigenvalue weighted by Gasteiger charge is 2.18. The molecule has 0 aliphatic carbocycles. The van der Waals surface area contributed by atoms with Crippen molar-refractivity contribution in [3.8, 4) is 0 Å². The number of aromatic nitrogens is 1. The smallest absolute Gasteiger partial charge is 0.267 e. The van der Waals surface area contributed by atoms with Crippen molar-refractivity contribution in [3.63, 3.8) is 0 Å². The number of anilines is 1. The van der Waals surface area contributed by atoms with Crippen LogP contribution in [0, 0.1) is 0 Å². The minimum Gasteiger partial charge on any atom is -0.390 e. The summed E-state index contributed by atoms with van der Waals surface area (Å²) in [6, 6.07) is 1.32. The van der Waals surface area contributed by atoms with Crippen molar-refractivity contribution in [2.45, 2.75) is 18.9 Å². The highest BCUT2D eigenvalue weighted by atomic mass is 35.5. The van der Waals surface area contributed by atoms with Crippen LogP contribution in [0.5, 0.6) is 0 Å². The van der Waals surface area contributed by atoms with E-state index in [2.05, 4.69) is 4.98 Å². The first kappa shape index (κ1) is 11.1. The van der Waals surface area contributed by atoms with Crippen LogP contribution in [-0.4, -0.2) is 10.1 Å². The van der Waals surface area contributed by atoms with Crippen molar-refractivity contribution in [2.75, 3.05) is 5.73 Å². The number of hydrogen-bond donors (Lipinski definition) is 2. The zero-order chi connectivity index (χ0) is 10.7. The van der Waals surface area contributed by atoms with Gasteiger partial charge in [0, 0.05) is 5.88 Å². The molecule has 0 radical (unpaired) electrons. The quantitative estimate of drug-likeness (QED) is 0.768.